The molecule has 0 amide bonds. The summed E-state index contributed by atoms with van der Waals surface area (Å²) in [6.45, 7) is 0. The van der Waals surface area contributed by atoms with Crippen molar-refractivity contribution >= 4 is 110 Å². The third-order valence-electron chi connectivity index (χ3n) is 15.8. The van der Waals surface area contributed by atoms with E-state index in [0.717, 1.165) is 155 Å². The van der Waals surface area contributed by atoms with Gasteiger partial charge in [0, 0.05) is 79.4 Å². The molecule has 0 aliphatic heterocycles. The zero-order valence-electron chi connectivity index (χ0n) is 42.7. The van der Waals surface area contributed by atoms with E-state index in [1.807, 2.05) is 102 Å². The fourth-order valence-electron chi connectivity index (χ4n) is 12.0. The van der Waals surface area contributed by atoms with E-state index in [2.05, 4.69) is 162 Å². The quantitative estimate of drug-likeness (QED) is 0.171. The molecule has 8 heterocycles. The molecule has 8 heteroatoms. The highest BCUT2D eigenvalue weighted by atomic mass is 16.4. The molecule has 0 unspecified atom stereocenters. The molecule has 18 aromatic rings. The molecule has 0 saturated carbocycles. The first-order chi connectivity index (χ1) is 39.6. The Labute approximate surface area is 455 Å². The van der Waals surface area contributed by atoms with Crippen LogP contribution in [0.15, 0.2) is 273 Å². The lowest BCUT2D eigenvalue weighted by Crippen LogP contribution is -1.84. The Kier molecular flexibility index (Phi) is 9.54. The zero-order chi connectivity index (χ0) is 52.4. The van der Waals surface area contributed by atoms with Crippen LogP contribution in [-0.4, -0.2) is 18.8 Å². The summed E-state index contributed by atoms with van der Waals surface area (Å²) in [5, 5.41) is 10.9. The summed E-state index contributed by atoms with van der Waals surface area (Å²) >= 11 is 0. The number of pyridine rings is 2. The maximum Gasteiger partial charge on any atom is 0.147 e. The van der Waals surface area contributed by atoms with Crippen LogP contribution in [-0.2, 0) is 0 Å². The fourth-order valence-corrected chi connectivity index (χ4v) is 12.0. The van der Waals surface area contributed by atoms with Crippen LogP contribution < -0.4 is 0 Å². The molecule has 0 spiro atoms. The number of nitrogens with zero attached hydrogens (tertiary/aromatic N) is 4. The minimum Gasteiger partial charge on any atom is -0.455 e. The van der Waals surface area contributed by atoms with E-state index in [0.29, 0.717) is 0 Å². The first-order valence-corrected chi connectivity index (χ1v) is 26.7. The highest BCUT2D eigenvalue weighted by molar-refractivity contribution is 6.26. The highest BCUT2D eigenvalue weighted by Crippen LogP contribution is 2.47. The SMILES string of the molecule is c1cc(-c2ccc(-c3cn4ccccc4n3)cc2)cc(-c2cc3c4ccccc4oc3c3c2oc2ccccc23)c1.c1ccc2c(c1)oc1c2cc(-c2ccc3cc(-c4cn5ccccc5n4)ccc3c2)c2oc3ccccc3c21. The Hall–Kier alpha value is -11.0. The normalized spacial score (nSPS) is 12.0. The second-order valence-corrected chi connectivity index (χ2v) is 20.5. The number of fused-ring (bicyclic) bond motifs is 17. The predicted octanol–water partition coefficient (Wildman–Crippen LogP) is 19.8. The Balaban J connectivity index is 0.000000128. The molecule has 80 heavy (non-hydrogen) atoms. The van der Waals surface area contributed by atoms with Crippen molar-refractivity contribution in [3.8, 4) is 55.9 Å². The van der Waals surface area contributed by atoms with Gasteiger partial charge in [-0.1, -0.05) is 152 Å². The molecular weight excluding hydrogens is 985 g/mol. The number of aromatic nitrogens is 4. The van der Waals surface area contributed by atoms with E-state index in [-0.39, 0.29) is 0 Å². The summed E-state index contributed by atoms with van der Waals surface area (Å²) in [7, 11) is 0. The number of hydrogen-bond donors (Lipinski definition) is 0. The lowest BCUT2D eigenvalue weighted by molar-refractivity contribution is 0.662. The monoisotopic (exact) mass is 1030 g/mol. The fraction of sp³-hybridized carbons (Fsp3) is 0. The van der Waals surface area contributed by atoms with Crippen molar-refractivity contribution in [1.82, 2.24) is 18.8 Å². The maximum absolute atomic E-state index is 6.51. The molecule has 0 aliphatic rings. The largest absolute Gasteiger partial charge is 0.455 e. The summed E-state index contributed by atoms with van der Waals surface area (Å²) < 4.78 is 29.9. The van der Waals surface area contributed by atoms with Gasteiger partial charge < -0.3 is 26.5 Å². The molecule has 0 saturated heterocycles. The summed E-state index contributed by atoms with van der Waals surface area (Å²) in [5.74, 6) is 0. The number of para-hydroxylation sites is 4. The van der Waals surface area contributed by atoms with Gasteiger partial charge in [0.05, 0.1) is 22.2 Å². The smallest absolute Gasteiger partial charge is 0.147 e. The maximum atomic E-state index is 6.51. The van der Waals surface area contributed by atoms with E-state index in [1.165, 1.54) is 10.8 Å². The Morgan fingerprint density at radius 3 is 1.24 bits per heavy atom. The van der Waals surface area contributed by atoms with Crippen LogP contribution in [0.1, 0.15) is 0 Å². The Bertz CT molecular complexity index is 5450. The molecule has 0 bridgehead atoms. The van der Waals surface area contributed by atoms with Crippen molar-refractivity contribution in [2.24, 2.45) is 0 Å². The minimum absolute atomic E-state index is 0.845. The third kappa shape index (κ3) is 6.95. The molecule has 0 atom stereocenters. The van der Waals surface area contributed by atoms with Crippen LogP contribution >= 0.6 is 0 Å². The van der Waals surface area contributed by atoms with Gasteiger partial charge in [-0.25, -0.2) is 9.97 Å². The topological polar surface area (TPSA) is 87.2 Å². The van der Waals surface area contributed by atoms with Gasteiger partial charge in [-0.05, 0) is 112 Å². The van der Waals surface area contributed by atoms with E-state index < -0.39 is 0 Å². The molecule has 10 aromatic carbocycles. The van der Waals surface area contributed by atoms with Gasteiger partial charge in [-0.3, -0.25) is 0 Å². The first kappa shape index (κ1) is 44.2. The number of furan rings is 4. The van der Waals surface area contributed by atoms with Crippen molar-refractivity contribution in [2.75, 3.05) is 0 Å². The summed E-state index contributed by atoms with van der Waals surface area (Å²) in [6.07, 6.45) is 8.19. The molecule has 18 rings (SSSR count). The van der Waals surface area contributed by atoms with Crippen molar-refractivity contribution in [2.45, 2.75) is 0 Å². The summed E-state index contributed by atoms with van der Waals surface area (Å²) in [6, 6.07) is 79.8. The van der Waals surface area contributed by atoms with E-state index in [1.54, 1.807) is 0 Å². The number of rotatable bonds is 5. The van der Waals surface area contributed by atoms with E-state index >= 15 is 0 Å². The Morgan fingerprint density at radius 1 is 0.275 bits per heavy atom. The van der Waals surface area contributed by atoms with Gasteiger partial charge >= 0.3 is 0 Å². The van der Waals surface area contributed by atoms with E-state index in [9.17, 15) is 0 Å². The lowest BCUT2D eigenvalue weighted by Gasteiger charge is -2.08. The van der Waals surface area contributed by atoms with E-state index in [4.69, 9.17) is 27.6 Å². The number of imidazole rings is 2. The standard InChI is InChI=1S/C37H22N2O2.C35H20N2O2/c1-3-12-32-27(10-1)30-21-29(36-35(37(30)40-32)28-11-2-4-13-33(28)41-36)26-9-7-8-25(20-26)23-15-17-24(18-16-23)31-22-39-19-6-5-14-34(39)38-31;1-3-9-30-25(7-1)28-19-27(34-33(35(28)38-30)26-8-2-4-10-31(26)39-34)23-14-12-22-18-24(15-13-21(22)17-23)29-20-37-16-6-5-11-32(37)36-29/h1-22H;1-20H. The number of benzene rings is 10. The first-order valence-electron chi connectivity index (χ1n) is 26.7. The lowest BCUT2D eigenvalue weighted by atomic mass is 9.95. The van der Waals surface area contributed by atoms with Gasteiger partial charge in [0.2, 0.25) is 0 Å². The molecule has 0 fully saturated rings. The van der Waals surface area contributed by atoms with Gasteiger partial charge in [0.1, 0.15) is 56.0 Å². The predicted molar refractivity (Wildman–Crippen MR) is 324 cm³/mol. The van der Waals surface area contributed by atoms with Crippen molar-refractivity contribution in [1.29, 1.82) is 0 Å². The minimum atomic E-state index is 0.845. The van der Waals surface area contributed by atoms with Crippen LogP contribution in [0.3, 0.4) is 0 Å². The van der Waals surface area contributed by atoms with Crippen LogP contribution in [0.4, 0.5) is 0 Å². The van der Waals surface area contributed by atoms with Crippen molar-refractivity contribution < 1.29 is 17.7 Å². The molecule has 0 radical (unpaired) electrons. The second-order valence-electron chi connectivity index (χ2n) is 20.5. The van der Waals surface area contributed by atoms with Crippen LogP contribution in [0, 0.1) is 0 Å². The molecule has 0 aliphatic carbocycles. The summed E-state index contributed by atoms with van der Waals surface area (Å²) in [4.78, 5) is 9.57. The van der Waals surface area contributed by atoms with Crippen molar-refractivity contribution in [3.63, 3.8) is 0 Å². The van der Waals surface area contributed by atoms with Crippen molar-refractivity contribution in [3.05, 3.63) is 255 Å². The molecular formula is C72H42N4O4. The molecule has 8 aromatic heterocycles. The molecule has 374 valence electrons. The highest BCUT2D eigenvalue weighted by Gasteiger charge is 2.23. The van der Waals surface area contributed by atoms with Gasteiger partial charge in [-0.15, -0.1) is 0 Å². The second kappa shape index (κ2) is 17.3. The molecule has 0 N–H and O–H groups in total. The molecule has 8 nitrogen and oxygen atoms in total. The third-order valence-corrected chi connectivity index (χ3v) is 15.8. The van der Waals surface area contributed by atoms with Gasteiger partial charge in [-0.2, -0.15) is 0 Å². The van der Waals surface area contributed by atoms with Crippen LogP contribution in [0.25, 0.3) is 166 Å². The van der Waals surface area contributed by atoms with Gasteiger partial charge in [0.25, 0.3) is 0 Å². The average Bonchev–Trinajstić information content (AvgIpc) is 4.56. The average molecular weight is 1030 g/mol. The number of hydrogen-bond acceptors (Lipinski definition) is 6. The van der Waals surface area contributed by atoms with Crippen LogP contribution in [0.2, 0.25) is 0 Å². The van der Waals surface area contributed by atoms with Crippen LogP contribution in [0.5, 0.6) is 0 Å². The Morgan fingerprint density at radius 2 is 0.688 bits per heavy atom. The van der Waals surface area contributed by atoms with Gasteiger partial charge in [0.15, 0.2) is 0 Å². The zero-order valence-corrected chi connectivity index (χ0v) is 42.7. The summed E-state index contributed by atoms with van der Waals surface area (Å²) in [5.41, 5.74) is 19.5.